The van der Waals surface area contributed by atoms with Crippen molar-refractivity contribution >= 4 is 5.82 Å². The first-order valence-corrected chi connectivity index (χ1v) is 6.84. The van der Waals surface area contributed by atoms with Gasteiger partial charge < -0.3 is 10.6 Å². The predicted octanol–water partition coefficient (Wildman–Crippen LogP) is 2.71. The second kappa shape index (κ2) is 6.14. The van der Waals surface area contributed by atoms with Crippen molar-refractivity contribution in [3.05, 3.63) is 24.1 Å². The minimum absolute atomic E-state index is 0.277. The number of anilines is 1. The summed E-state index contributed by atoms with van der Waals surface area (Å²) < 4.78 is 12.9. The van der Waals surface area contributed by atoms with E-state index in [-0.39, 0.29) is 5.82 Å². The predicted molar refractivity (Wildman–Crippen MR) is 72.1 cm³/mol. The van der Waals surface area contributed by atoms with Crippen LogP contribution in [0.25, 0.3) is 0 Å². The zero-order chi connectivity index (χ0) is 13.0. The molecule has 0 amide bonds. The van der Waals surface area contributed by atoms with Gasteiger partial charge in [-0.2, -0.15) is 0 Å². The molecule has 0 radical (unpaired) electrons. The van der Waals surface area contributed by atoms with Crippen LogP contribution in [0.3, 0.4) is 0 Å². The van der Waals surface area contributed by atoms with Gasteiger partial charge in [-0.15, -0.1) is 0 Å². The van der Waals surface area contributed by atoms with Crippen LogP contribution < -0.4 is 10.6 Å². The van der Waals surface area contributed by atoms with Crippen molar-refractivity contribution < 1.29 is 4.39 Å². The van der Waals surface area contributed by atoms with Gasteiger partial charge in [-0.3, -0.25) is 0 Å². The second-order valence-corrected chi connectivity index (χ2v) is 5.10. The average molecular weight is 251 g/mol. The Hall–Kier alpha value is -1.16. The van der Waals surface area contributed by atoms with Gasteiger partial charge in [-0.05, 0) is 44.2 Å². The number of pyridine rings is 1. The lowest BCUT2D eigenvalue weighted by molar-refractivity contribution is 0.374. The van der Waals surface area contributed by atoms with Crippen molar-refractivity contribution in [2.45, 2.75) is 51.1 Å². The van der Waals surface area contributed by atoms with Crippen molar-refractivity contribution in [3.63, 3.8) is 0 Å². The standard InChI is InChI=1S/C14H22FN3/c1-2-9-18(13-6-4-12(16)5-7-13)14-8-3-11(15)10-17-14/h3,8,10,12-13H,2,4-7,9,16H2,1H3. The van der Waals surface area contributed by atoms with Crippen LogP contribution in [0.2, 0.25) is 0 Å². The monoisotopic (exact) mass is 251 g/mol. The molecule has 1 aliphatic carbocycles. The maximum Gasteiger partial charge on any atom is 0.141 e. The van der Waals surface area contributed by atoms with Crippen molar-refractivity contribution in [2.75, 3.05) is 11.4 Å². The van der Waals surface area contributed by atoms with E-state index in [0.717, 1.165) is 44.5 Å². The maximum atomic E-state index is 12.9. The third kappa shape index (κ3) is 3.19. The molecular formula is C14H22FN3. The number of nitrogens with zero attached hydrogens (tertiary/aromatic N) is 2. The first-order chi connectivity index (χ1) is 8.70. The number of rotatable bonds is 4. The van der Waals surface area contributed by atoms with Gasteiger partial charge in [0.15, 0.2) is 0 Å². The summed E-state index contributed by atoms with van der Waals surface area (Å²) in [5, 5.41) is 0. The zero-order valence-electron chi connectivity index (χ0n) is 11.0. The Morgan fingerprint density at radius 1 is 1.33 bits per heavy atom. The van der Waals surface area contributed by atoms with Crippen molar-refractivity contribution in [3.8, 4) is 0 Å². The van der Waals surface area contributed by atoms with E-state index in [2.05, 4.69) is 16.8 Å². The van der Waals surface area contributed by atoms with Crippen molar-refractivity contribution in [1.82, 2.24) is 4.98 Å². The van der Waals surface area contributed by atoms with Crippen LogP contribution in [0.5, 0.6) is 0 Å². The van der Waals surface area contributed by atoms with Gasteiger partial charge in [0, 0.05) is 18.6 Å². The summed E-state index contributed by atoms with van der Waals surface area (Å²) in [5.41, 5.74) is 5.95. The molecule has 4 heteroatoms. The van der Waals surface area contributed by atoms with E-state index in [9.17, 15) is 4.39 Å². The Morgan fingerprint density at radius 2 is 2.06 bits per heavy atom. The lowest BCUT2D eigenvalue weighted by Crippen LogP contribution is -2.41. The molecule has 0 unspecified atom stereocenters. The molecule has 1 fully saturated rings. The van der Waals surface area contributed by atoms with E-state index in [1.807, 2.05) is 0 Å². The smallest absolute Gasteiger partial charge is 0.141 e. The van der Waals surface area contributed by atoms with Gasteiger partial charge in [-0.25, -0.2) is 9.37 Å². The highest BCUT2D eigenvalue weighted by Gasteiger charge is 2.24. The second-order valence-electron chi connectivity index (χ2n) is 5.10. The summed E-state index contributed by atoms with van der Waals surface area (Å²) in [6.45, 7) is 3.13. The highest BCUT2D eigenvalue weighted by molar-refractivity contribution is 5.39. The zero-order valence-corrected chi connectivity index (χ0v) is 11.0. The first-order valence-electron chi connectivity index (χ1n) is 6.84. The van der Waals surface area contributed by atoms with Crippen LogP contribution in [0.1, 0.15) is 39.0 Å². The van der Waals surface area contributed by atoms with Gasteiger partial charge >= 0.3 is 0 Å². The van der Waals surface area contributed by atoms with Gasteiger partial charge in [0.25, 0.3) is 0 Å². The number of hydrogen-bond acceptors (Lipinski definition) is 3. The summed E-state index contributed by atoms with van der Waals surface area (Å²) in [4.78, 5) is 6.52. The molecule has 2 N–H and O–H groups in total. The largest absolute Gasteiger partial charge is 0.354 e. The fraction of sp³-hybridized carbons (Fsp3) is 0.643. The molecule has 100 valence electrons. The molecular weight excluding hydrogens is 229 g/mol. The third-order valence-corrected chi connectivity index (χ3v) is 3.65. The van der Waals surface area contributed by atoms with Crippen molar-refractivity contribution in [2.24, 2.45) is 5.73 Å². The van der Waals surface area contributed by atoms with Gasteiger partial charge in [-0.1, -0.05) is 6.92 Å². The van der Waals surface area contributed by atoms with Gasteiger partial charge in [0.2, 0.25) is 0 Å². The van der Waals surface area contributed by atoms with Crippen LogP contribution in [0, 0.1) is 5.82 Å². The average Bonchev–Trinajstić information content (AvgIpc) is 2.39. The normalized spacial score (nSPS) is 23.9. The first kappa shape index (κ1) is 13.3. The molecule has 0 atom stereocenters. The summed E-state index contributed by atoms with van der Waals surface area (Å²) in [7, 11) is 0. The molecule has 3 nitrogen and oxygen atoms in total. The summed E-state index contributed by atoms with van der Waals surface area (Å²) in [6.07, 6.45) is 6.74. The van der Waals surface area contributed by atoms with E-state index >= 15 is 0 Å². The minimum Gasteiger partial charge on any atom is -0.354 e. The molecule has 0 aromatic carbocycles. The Balaban J connectivity index is 2.09. The topological polar surface area (TPSA) is 42.2 Å². The van der Waals surface area contributed by atoms with Crippen LogP contribution in [0.15, 0.2) is 18.3 Å². The van der Waals surface area contributed by atoms with E-state index in [4.69, 9.17) is 5.73 Å². The summed E-state index contributed by atoms with van der Waals surface area (Å²) >= 11 is 0. The third-order valence-electron chi connectivity index (χ3n) is 3.65. The molecule has 0 aliphatic heterocycles. The fourth-order valence-corrected chi connectivity index (χ4v) is 2.68. The quantitative estimate of drug-likeness (QED) is 0.894. The molecule has 1 aromatic rings. The molecule has 2 rings (SSSR count). The Labute approximate surface area is 108 Å². The van der Waals surface area contributed by atoms with E-state index in [1.54, 1.807) is 6.07 Å². The summed E-state index contributed by atoms with van der Waals surface area (Å²) in [5.74, 6) is 0.611. The molecule has 0 bridgehead atoms. The molecule has 1 aromatic heterocycles. The molecule has 1 saturated carbocycles. The van der Waals surface area contributed by atoms with Crippen LogP contribution in [-0.2, 0) is 0 Å². The molecule has 18 heavy (non-hydrogen) atoms. The maximum absolute atomic E-state index is 12.9. The van der Waals surface area contributed by atoms with Crippen molar-refractivity contribution in [1.29, 1.82) is 0 Å². The number of hydrogen-bond donors (Lipinski definition) is 1. The lowest BCUT2D eigenvalue weighted by atomic mass is 9.90. The van der Waals surface area contributed by atoms with Crippen LogP contribution in [0.4, 0.5) is 10.2 Å². The number of aromatic nitrogens is 1. The number of halogens is 1. The molecule has 0 saturated heterocycles. The molecule has 0 spiro atoms. The van der Waals surface area contributed by atoms with Gasteiger partial charge in [0.05, 0.1) is 6.20 Å². The van der Waals surface area contributed by atoms with Crippen LogP contribution >= 0.6 is 0 Å². The highest BCUT2D eigenvalue weighted by atomic mass is 19.1. The SMILES string of the molecule is CCCN(c1ccc(F)cn1)C1CCC(N)CC1. The van der Waals surface area contributed by atoms with Gasteiger partial charge in [0.1, 0.15) is 11.6 Å². The fourth-order valence-electron chi connectivity index (χ4n) is 2.68. The van der Waals surface area contributed by atoms with Crippen LogP contribution in [-0.4, -0.2) is 23.6 Å². The number of nitrogens with two attached hydrogens (primary N) is 1. The Bertz CT molecular complexity index is 358. The van der Waals surface area contributed by atoms with E-state index in [0.29, 0.717) is 12.1 Å². The summed E-state index contributed by atoms with van der Waals surface area (Å²) in [6, 6.07) is 4.12. The minimum atomic E-state index is -0.277. The van der Waals surface area contributed by atoms with E-state index in [1.165, 1.54) is 12.3 Å². The Morgan fingerprint density at radius 3 is 2.61 bits per heavy atom. The highest BCUT2D eigenvalue weighted by Crippen LogP contribution is 2.26. The lowest BCUT2D eigenvalue weighted by Gasteiger charge is -2.36. The molecule has 1 aliphatic rings. The molecule has 1 heterocycles. The van der Waals surface area contributed by atoms with E-state index < -0.39 is 0 Å². The Kier molecular flexibility index (Phi) is 4.53.